The van der Waals surface area contributed by atoms with Crippen molar-refractivity contribution in [2.75, 3.05) is 59.0 Å². The number of aromatic nitrogens is 7. The number of carbonyl (C=O) groups excluding carboxylic acids is 4. The van der Waals surface area contributed by atoms with Crippen molar-refractivity contribution in [1.29, 1.82) is 0 Å². The van der Waals surface area contributed by atoms with Crippen LogP contribution in [0.1, 0.15) is 87.6 Å². The highest BCUT2D eigenvalue weighted by molar-refractivity contribution is 8.04. The molecular formula is C57H75N14O18S+. The lowest BCUT2D eigenvalue weighted by molar-refractivity contribution is -0.672. The summed E-state index contributed by atoms with van der Waals surface area (Å²) >= 11 is 1.78. The zero-order chi connectivity index (χ0) is 65.0. The molecule has 4 amide bonds. The summed E-state index contributed by atoms with van der Waals surface area (Å²) in [6, 6.07) is 7.48. The third kappa shape index (κ3) is 23.5. The largest absolute Gasteiger partial charge is 0.480 e. The number of benzene rings is 1. The first-order valence-electron chi connectivity index (χ1n) is 29.1. The van der Waals surface area contributed by atoms with Crippen LogP contribution < -0.4 is 25.8 Å². The summed E-state index contributed by atoms with van der Waals surface area (Å²) in [5, 5.41) is 84.6. The number of para-hydroxylation sites is 1. The second-order valence-electron chi connectivity index (χ2n) is 20.9. The molecule has 3 atom stereocenters. The van der Waals surface area contributed by atoms with E-state index in [0.29, 0.717) is 63.0 Å². The number of aryl methyl sites for hydroxylation is 3. The van der Waals surface area contributed by atoms with Gasteiger partial charge in [-0.1, -0.05) is 46.5 Å². The van der Waals surface area contributed by atoms with Crippen LogP contribution in [0.4, 0.5) is 9.59 Å². The number of nitrogens with zero attached hydrogens (tertiary/aromatic N) is 10. The summed E-state index contributed by atoms with van der Waals surface area (Å²) < 4.78 is 16.0. The van der Waals surface area contributed by atoms with Crippen LogP contribution in [0.15, 0.2) is 77.9 Å². The molecule has 486 valence electrons. The maximum absolute atomic E-state index is 12.7. The summed E-state index contributed by atoms with van der Waals surface area (Å²) in [7, 11) is 0. The zero-order valence-electron chi connectivity index (χ0n) is 49.3. The van der Waals surface area contributed by atoms with Crippen LogP contribution in [0, 0.1) is 0 Å². The molecule has 3 aromatic heterocycles. The summed E-state index contributed by atoms with van der Waals surface area (Å²) in [5.74, 6) is -8.67. The normalized spacial score (nSPS) is 14.6. The molecule has 10 N–H and O–H groups in total. The number of fused-ring (bicyclic) bond motifs is 2. The second-order valence-corrected chi connectivity index (χ2v) is 22.1. The summed E-state index contributed by atoms with van der Waals surface area (Å²) in [6.07, 6.45) is 15.8. The minimum Gasteiger partial charge on any atom is -0.480 e. The molecule has 1 aliphatic carbocycles. The Morgan fingerprint density at radius 3 is 1.67 bits per heavy atom. The van der Waals surface area contributed by atoms with E-state index in [4.69, 9.17) is 29.9 Å². The van der Waals surface area contributed by atoms with Gasteiger partial charge in [0.25, 0.3) is 0 Å². The van der Waals surface area contributed by atoms with Crippen molar-refractivity contribution in [3.63, 3.8) is 0 Å². The van der Waals surface area contributed by atoms with Crippen molar-refractivity contribution >= 4 is 88.6 Å². The number of aliphatic carboxylic acids is 6. The molecule has 4 aromatic rings. The number of thioether (sulfide) groups is 1. The maximum atomic E-state index is 12.7. The van der Waals surface area contributed by atoms with Crippen molar-refractivity contribution in [2.24, 2.45) is 0 Å². The van der Waals surface area contributed by atoms with Gasteiger partial charge in [-0.05, 0) is 75.1 Å². The van der Waals surface area contributed by atoms with E-state index < -0.39 is 86.3 Å². The van der Waals surface area contributed by atoms with Crippen LogP contribution in [-0.2, 0) is 80.6 Å². The number of unbranched alkanes of at least 4 members (excludes halogenated alkanes) is 2. The molecule has 3 unspecified atom stereocenters. The van der Waals surface area contributed by atoms with Crippen LogP contribution >= 0.6 is 11.8 Å². The molecule has 90 heavy (non-hydrogen) atoms. The molecule has 6 rings (SSSR count). The standard InChI is InChI=1S/C57H74N14O18S/c72-47(58-20-7-5-14-44(54(82)83)67(34-50(74)75)35-51(76)77)18-25-69-32-39(62-64-69)30-60-56(86)88-27-9-22-66-24-17-38(41-11-1-2-12-42(41)66)29-49-71(43-13-3-4-16-46(43)90-49)23-10-28-89-57(87)61-31-40-33-70(65-63-40)26-19-48(73)59-21-8-6-15-45(55(84)85)68(36-52(78)79)37-53(80)81/h1-4,11-13,17,24,29,32-33,44-46H,5-10,14-16,18-23,25-28,30-31,34-37H2,(H9-,58,59,60,61,72,73,74,75,76,77,78,79,80,81,82,83,84,85,86,87)/p+1. The van der Waals surface area contributed by atoms with Crippen molar-refractivity contribution in [3.8, 4) is 0 Å². The Kier molecular flexibility index (Phi) is 27.9. The molecule has 1 fully saturated rings. The van der Waals surface area contributed by atoms with Gasteiger partial charge in [0.1, 0.15) is 23.5 Å². The molecule has 0 saturated carbocycles. The number of carbonyl (C=O) groups is 10. The van der Waals surface area contributed by atoms with Gasteiger partial charge in [-0.15, -0.1) is 10.2 Å². The molecule has 1 aliphatic heterocycles. The van der Waals surface area contributed by atoms with Gasteiger partial charge >= 0.3 is 48.0 Å². The first-order chi connectivity index (χ1) is 43.2. The fourth-order valence-corrected chi connectivity index (χ4v) is 11.2. The van der Waals surface area contributed by atoms with Crippen molar-refractivity contribution in [2.45, 2.75) is 121 Å². The Bertz CT molecular complexity index is 3230. The second kappa shape index (κ2) is 36.1. The average molecular weight is 1280 g/mol. The van der Waals surface area contributed by atoms with Gasteiger partial charge in [0.05, 0.1) is 93.6 Å². The van der Waals surface area contributed by atoms with E-state index in [1.807, 2.05) is 30.5 Å². The highest BCUT2D eigenvalue weighted by Gasteiger charge is 2.34. The van der Waals surface area contributed by atoms with Crippen LogP contribution in [0.3, 0.4) is 0 Å². The van der Waals surface area contributed by atoms with Crippen molar-refractivity contribution in [1.82, 2.24) is 66.0 Å². The van der Waals surface area contributed by atoms with Gasteiger partial charge in [-0.2, -0.15) is 4.57 Å². The van der Waals surface area contributed by atoms with Crippen LogP contribution in [0.2, 0.25) is 0 Å². The SMILES string of the molecule is O=C(O)CN(CC(=O)O)C(CCCCNC(=O)CCn1cc(CNC(=O)OCCCN2C(=Cc3cc[n+](CCCOC(=O)NCc4cn(CCC(=O)NCCCCC(C(=O)O)N(CC(=O)O)CC(=O)O)nn4)c4ccccc34)SC3CC=CC=C32)nn1)C(=O)O. The molecule has 0 radical (unpaired) electrons. The average Bonchev–Trinajstić information content (AvgIpc) is 1.56. The number of rotatable bonds is 41. The number of hydrogen-bond donors (Lipinski definition) is 10. The van der Waals surface area contributed by atoms with Gasteiger partial charge in [0.2, 0.25) is 17.3 Å². The monoisotopic (exact) mass is 1280 g/mol. The fraction of sp³-hybridized carbons (Fsp3) is 0.491. The number of pyridine rings is 1. The van der Waals surface area contributed by atoms with E-state index in [1.165, 1.54) is 15.1 Å². The third-order valence-corrected chi connectivity index (χ3v) is 15.4. The Morgan fingerprint density at radius 2 is 1.16 bits per heavy atom. The molecule has 2 aliphatic rings. The number of amides is 4. The highest BCUT2D eigenvalue weighted by Crippen LogP contribution is 2.45. The quantitative estimate of drug-likeness (QED) is 0.0223. The molecule has 33 heteroatoms. The molecule has 1 aromatic carbocycles. The van der Waals surface area contributed by atoms with E-state index >= 15 is 0 Å². The number of carboxylic acid groups (broad SMARTS) is 6. The number of ether oxygens (including phenoxy) is 2. The fourth-order valence-electron chi connectivity index (χ4n) is 9.85. The van der Waals surface area contributed by atoms with E-state index in [-0.39, 0.29) is 95.2 Å². The van der Waals surface area contributed by atoms with Crippen LogP contribution in [-0.4, -0.2) is 212 Å². The zero-order valence-corrected chi connectivity index (χ0v) is 50.1. The topological polar surface area (TPSA) is 434 Å². The Hall–Kier alpha value is -9.50. The summed E-state index contributed by atoms with van der Waals surface area (Å²) in [4.78, 5) is 122. The smallest absolute Gasteiger partial charge is 0.407 e. The van der Waals surface area contributed by atoms with E-state index in [0.717, 1.165) is 37.7 Å². The molecule has 0 spiro atoms. The van der Waals surface area contributed by atoms with Gasteiger partial charge in [-0.3, -0.25) is 57.5 Å². The molecule has 0 bridgehead atoms. The predicted octanol–water partition coefficient (Wildman–Crippen LogP) is 1.70. The number of hydrogen-bond acceptors (Lipinski definition) is 20. The molecule has 32 nitrogen and oxygen atoms in total. The Labute approximate surface area is 519 Å². The lowest BCUT2D eigenvalue weighted by Gasteiger charge is -2.25. The van der Waals surface area contributed by atoms with E-state index in [9.17, 15) is 58.2 Å². The number of nitrogens with one attached hydrogen (secondary N) is 4. The minimum atomic E-state index is -1.35. The summed E-state index contributed by atoms with van der Waals surface area (Å²) in [6.45, 7) is -0.642. The van der Waals surface area contributed by atoms with Gasteiger partial charge in [0, 0.05) is 56.7 Å². The minimum absolute atomic E-state index is 0.00783. The molecule has 1 saturated heterocycles. The Balaban J connectivity index is 0.867. The number of allylic oxidation sites excluding steroid dienone is 3. The molecule has 4 heterocycles. The lowest BCUT2D eigenvalue weighted by atomic mass is 10.1. The highest BCUT2D eigenvalue weighted by atomic mass is 32.2. The Morgan fingerprint density at radius 1 is 0.644 bits per heavy atom. The lowest BCUT2D eigenvalue weighted by Crippen LogP contribution is -2.46. The predicted molar refractivity (Wildman–Crippen MR) is 317 cm³/mol. The van der Waals surface area contributed by atoms with E-state index in [1.54, 1.807) is 24.2 Å². The van der Waals surface area contributed by atoms with Crippen LogP contribution in [0.5, 0.6) is 0 Å². The van der Waals surface area contributed by atoms with Gasteiger partial charge < -0.3 is 66.3 Å². The van der Waals surface area contributed by atoms with Gasteiger partial charge in [0.15, 0.2) is 12.7 Å². The van der Waals surface area contributed by atoms with E-state index in [2.05, 4.69) is 81.7 Å². The maximum Gasteiger partial charge on any atom is 0.407 e. The van der Waals surface area contributed by atoms with Crippen molar-refractivity contribution < 1.29 is 92.6 Å². The first kappa shape index (κ1) is 69.6. The first-order valence-corrected chi connectivity index (χ1v) is 30.0. The van der Waals surface area contributed by atoms with Gasteiger partial charge in [-0.25, -0.2) is 9.59 Å². The number of carboxylic acids is 6. The third-order valence-electron chi connectivity index (χ3n) is 14.1. The number of alkyl carbamates (subject to hydrolysis) is 2. The molecular weight excluding hydrogens is 1200 g/mol. The summed E-state index contributed by atoms with van der Waals surface area (Å²) in [5.41, 5.74) is 4.05. The van der Waals surface area contributed by atoms with Crippen molar-refractivity contribution in [3.05, 3.63) is 94.8 Å². The van der Waals surface area contributed by atoms with Crippen LogP contribution in [0.25, 0.3) is 17.0 Å².